The van der Waals surface area contributed by atoms with E-state index in [9.17, 15) is 13.2 Å². The number of aromatic nitrogens is 1. The number of fused-ring (bicyclic) bond motifs is 1. The molecule has 0 N–H and O–H groups in total. The Hall–Kier alpha value is -3.87. The highest BCUT2D eigenvalue weighted by atomic mass is 35.5. The minimum atomic E-state index is -4.60. The van der Waals surface area contributed by atoms with Crippen LogP contribution in [0.4, 0.5) is 5.69 Å². The Labute approximate surface area is 242 Å². The molecule has 0 saturated carbocycles. The minimum absolute atomic E-state index is 0.0160. The Morgan fingerprint density at radius 2 is 1.80 bits per heavy atom. The molecule has 2 aliphatic heterocycles. The van der Waals surface area contributed by atoms with Crippen molar-refractivity contribution in [3.8, 4) is 17.4 Å². The van der Waals surface area contributed by atoms with Crippen molar-refractivity contribution in [1.82, 2.24) is 9.88 Å². The molecular formula is C28H28ClN3O8S. The van der Waals surface area contributed by atoms with Gasteiger partial charge in [-0.15, -0.1) is 0 Å². The molecule has 2 atom stereocenters. The molecule has 0 radical (unpaired) electrons. The van der Waals surface area contributed by atoms with Crippen molar-refractivity contribution in [1.29, 1.82) is 0 Å². The fourth-order valence-electron chi connectivity index (χ4n) is 5.74. The average Bonchev–Trinajstić information content (AvgIpc) is 3.57. The highest BCUT2D eigenvalue weighted by Crippen LogP contribution is 2.55. The number of hydrogen-bond donors (Lipinski definition) is 0. The number of nitrogens with zero attached hydrogens (tertiary/aromatic N) is 3. The Morgan fingerprint density at radius 3 is 2.49 bits per heavy atom. The van der Waals surface area contributed by atoms with Gasteiger partial charge in [-0.25, -0.2) is 17.7 Å². The third-order valence-corrected chi connectivity index (χ3v) is 9.43. The second-order valence-electron chi connectivity index (χ2n) is 9.40. The number of ether oxygens (including phenoxy) is 4. The lowest BCUT2D eigenvalue weighted by Gasteiger charge is -2.40. The number of halogens is 1. The maximum absolute atomic E-state index is 15.0. The zero-order valence-electron chi connectivity index (χ0n) is 22.8. The van der Waals surface area contributed by atoms with E-state index >= 15 is 4.79 Å². The van der Waals surface area contributed by atoms with E-state index < -0.39 is 33.5 Å². The van der Waals surface area contributed by atoms with E-state index in [1.165, 1.54) is 71.0 Å². The van der Waals surface area contributed by atoms with Crippen molar-refractivity contribution in [2.45, 2.75) is 29.3 Å². The van der Waals surface area contributed by atoms with Gasteiger partial charge in [0, 0.05) is 35.0 Å². The number of likely N-dealkylation sites (tertiary alicyclic amines) is 1. The van der Waals surface area contributed by atoms with Gasteiger partial charge in [0.15, 0.2) is 5.54 Å². The number of esters is 1. The van der Waals surface area contributed by atoms with Gasteiger partial charge in [0.1, 0.15) is 22.4 Å². The lowest BCUT2D eigenvalue weighted by atomic mass is 9.81. The van der Waals surface area contributed by atoms with E-state index in [0.717, 1.165) is 4.31 Å². The molecule has 13 heteroatoms. The van der Waals surface area contributed by atoms with Gasteiger partial charge in [-0.3, -0.25) is 14.5 Å². The van der Waals surface area contributed by atoms with Crippen molar-refractivity contribution < 1.29 is 37.0 Å². The molecule has 11 nitrogen and oxygen atoms in total. The van der Waals surface area contributed by atoms with Crippen LogP contribution in [0, 0.1) is 0 Å². The van der Waals surface area contributed by atoms with E-state index in [4.69, 9.17) is 30.5 Å². The smallest absolute Gasteiger partial charge is 0.323 e. The zero-order chi connectivity index (χ0) is 29.5. The van der Waals surface area contributed by atoms with E-state index in [1.807, 2.05) is 0 Å². The van der Waals surface area contributed by atoms with Crippen LogP contribution in [0.5, 0.6) is 17.4 Å². The molecule has 1 fully saturated rings. The maximum Gasteiger partial charge on any atom is 0.323 e. The second kappa shape index (κ2) is 10.8. The lowest BCUT2D eigenvalue weighted by molar-refractivity contribution is -0.149. The van der Waals surface area contributed by atoms with Gasteiger partial charge in [-0.2, -0.15) is 0 Å². The number of benzene rings is 2. The summed E-state index contributed by atoms with van der Waals surface area (Å²) < 4.78 is 50.9. The van der Waals surface area contributed by atoms with Crippen LogP contribution in [0.3, 0.4) is 0 Å². The third-order valence-electron chi connectivity index (χ3n) is 7.46. The van der Waals surface area contributed by atoms with Crippen molar-refractivity contribution in [2.75, 3.05) is 39.3 Å². The van der Waals surface area contributed by atoms with Crippen LogP contribution >= 0.6 is 11.6 Å². The lowest BCUT2D eigenvalue weighted by Crippen LogP contribution is -2.58. The summed E-state index contributed by atoms with van der Waals surface area (Å²) in [5.41, 5.74) is -1.28. The molecule has 0 aliphatic carbocycles. The predicted octanol–water partition coefficient (Wildman–Crippen LogP) is 3.38. The molecule has 2 aromatic carbocycles. The van der Waals surface area contributed by atoms with E-state index in [1.54, 1.807) is 17.0 Å². The summed E-state index contributed by atoms with van der Waals surface area (Å²) in [7, 11) is 0.833. The van der Waals surface area contributed by atoms with Crippen molar-refractivity contribution in [3.63, 3.8) is 0 Å². The second-order valence-corrected chi connectivity index (χ2v) is 11.6. The van der Waals surface area contributed by atoms with Crippen LogP contribution in [0.2, 0.25) is 5.02 Å². The molecule has 0 bridgehead atoms. The van der Waals surface area contributed by atoms with E-state index in [0.29, 0.717) is 18.6 Å². The molecule has 1 unspecified atom stereocenters. The number of rotatable bonds is 8. The van der Waals surface area contributed by atoms with Gasteiger partial charge in [0.25, 0.3) is 15.9 Å². The number of carbonyl (C=O) groups is 2. The van der Waals surface area contributed by atoms with Gasteiger partial charge < -0.3 is 18.9 Å². The van der Waals surface area contributed by atoms with Gasteiger partial charge >= 0.3 is 5.97 Å². The standard InChI is InChI=1S/C28H28ClN3O8S/c1-37-18-10-12-24(23(16-18)38-2)41(35,36)32-21-11-9-17(29)15-20(21)28(27(32)34,19-7-5-13-30-25(19)39-3)31-14-6-8-22(31)26(33)40-4/h5,7,9-13,15-16,22H,6,8,14H2,1-4H3/t22?,28-/m1/s1. The van der Waals surface area contributed by atoms with Gasteiger partial charge in [0.05, 0.1) is 34.1 Å². The highest BCUT2D eigenvalue weighted by molar-refractivity contribution is 7.93. The third kappa shape index (κ3) is 4.28. The van der Waals surface area contributed by atoms with Crippen LogP contribution < -0.4 is 18.5 Å². The molecule has 1 saturated heterocycles. The Morgan fingerprint density at radius 1 is 1.02 bits per heavy atom. The van der Waals surface area contributed by atoms with Crippen LogP contribution in [-0.4, -0.2) is 71.2 Å². The van der Waals surface area contributed by atoms with E-state index in [2.05, 4.69) is 4.98 Å². The zero-order valence-corrected chi connectivity index (χ0v) is 24.4. The summed E-state index contributed by atoms with van der Waals surface area (Å²) in [6.07, 6.45) is 2.43. The molecule has 3 heterocycles. The first kappa shape index (κ1) is 28.7. The van der Waals surface area contributed by atoms with Gasteiger partial charge in [0.2, 0.25) is 5.88 Å². The molecule has 1 amide bonds. The van der Waals surface area contributed by atoms with Crippen LogP contribution in [0.1, 0.15) is 24.0 Å². The Bertz CT molecular complexity index is 1630. The average molecular weight is 602 g/mol. The maximum atomic E-state index is 15.0. The summed E-state index contributed by atoms with van der Waals surface area (Å²) in [5, 5.41) is 0.263. The first-order valence-electron chi connectivity index (χ1n) is 12.6. The van der Waals surface area contributed by atoms with Gasteiger partial charge in [-0.05, 0) is 55.3 Å². The summed E-state index contributed by atoms with van der Waals surface area (Å²) in [4.78, 5) is 33.8. The number of methoxy groups -OCH3 is 4. The number of carbonyl (C=O) groups excluding carboxylic acids is 2. The largest absolute Gasteiger partial charge is 0.497 e. The predicted molar refractivity (Wildman–Crippen MR) is 149 cm³/mol. The monoisotopic (exact) mass is 601 g/mol. The molecule has 3 aromatic rings. The number of anilines is 1. The molecule has 0 spiro atoms. The molecular weight excluding hydrogens is 574 g/mol. The number of sulfonamides is 1. The fraction of sp³-hybridized carbons (Fsp3) is 0.321. The molecule has 41 heavy (non-hydrogen) atoms. The minimum Gasteiger partial charge on any atom is -0.497 e. The quantitative estimate of drug-likeness (QED) is 0.355. The number of pyridine rings is 1. The number of hydrogen-bond acceptors (Lipinski definition) is 10. The normalized spacial score (nSPS) is 20.6. The summed E-state index contributed by atoms with van der Waals surface area (Å²) in [6, 6.07) is 11.1. The first-order chi connectivity index (χ1) is 19.7. The van der Waals surface area contributed by atoms with Crippen LogP contribution in [0.15, 0.2) is 59.6 Å². The van der Waals surface area contributed by atoms with Crippen LogP contribution in [0.25, 0.3) is 0 Å². The van der Waals surface area contributed by atoms with Crippen molar-refractivity contribution in [3.05, 3.63) is 70.9 Å². The molecule has 216 valence electrons. The van der Waals surface area contributed by atoms with Crippen molar-refractivity contribution in [2.24, 2.45) is 0 Å². The Kier molecular flexibility index (Phi) is 7.58. The molecule has 2 aliphatic rings. The summed E-state index contributed by atoms with van der Waals surface area (Å²) in [5.74, 6) is -0.969. The summed E-state index contributed by atoms with van der Waals surface area (Å²) in [6.45, 7) is 0.273. The van der Waals surface area contributed by atoms with Crippen molar-refractivity contribution >= 4 is 39.2 Å². The summed E-state index contributed by atoms with van der Waals surface area (Å²) >= 11 is 6.48. The van der Waals surface area contributed by atoms with Crippen LogP contribution in [-0.2, 0) is 29.9 Å². The SMILES string of the molecule is COC(=O)C1CCCN1[C@@]1(c2cccnc2OC)C(=O)N(S(=O)(=O)c2ccc(OC)cc2OC)c2ccc(Cl)cc21. The Balaban J connectivity index is 1.85. The number of amides is 1. The topological polar surface area (TPSA) is 125 Å². The van der Waals surface area contributed by atoms with E-state index in [-0.39, 0.29) is 44.9 Å². The molecule has 5 rings (SSSR count). The highest BCUT2D eigenvalue weighted by Gasteiger charge is 2.63. The first-order valence-corrected chi connectivity index (χ1v) is 14.4. The van der Waals surface area contributed by atoms with Gasteiger partial charge in [-0.1, -0.05) is 11.6 Å². The molecule has 1 aromatic heterocycles. The fourth-order valence-corrected chi connectivity index (χ4v) is 7.52.